The molecule has 0 saturated heterocycles. The molecule has 0 bridgehead atoms. The van der Waals surface area contributed by atoms with Crippen LogP contribution < -0.4 is 5.32 Å². The summed E-state index contributed by atoms with van der Waals surface area (Å²) in [6.45, 7) is 3.95. The maximum Gasteiger partial charge on any atom is 0.0706 e. The highest BCUT2D eigenvalue weighted by atomic mass is 15.3. The van der Waals surface area contributed by atoms with Crippen molar-refractivity contribution in [3.8, 4) is 0 Å². The minimum Gasteiger partial charge on any atom is -0.306 e. The molecule has 1 N–H and O–H groups in total. The van der Waals surface area contributed by atoms with Gasteiger partial charge in [-0.1, -0.05) is 6.07 Å². The average molecular weight is 295 g/mol. The van der Waals surface area contributed by atoms with Crippen molar-refractivity contribution in [1.82, 2.24) is 24.7 Å². The minimum absolute atomic E-state index is 0.405. The molecular weight excluding hydrogens is 274 g/mol. The molecule has 0 saturated carbocycles. The van der Waals surface area contributed by atoms with Crippen molar-refractivity contribution >= 4 is 5.52 Å². The fraction of sp³-hybridized carbons (Fsp3) is 0.412. The standard InChI is InChI=1S/C17H21N5/c1-2-21-17-8-5-6-15(14(17)12-20-21)18-10-13-11-19-22-9-4-3-7-16(13)22/h3-4,7,9,11-12,15,18H,2,5-6,8,10H2,1H3. The molecule has 4 rings (SSSR count). The van der Waals surface area contributed by atoms with E-state index in [2.05, 4.69) is 39.3 Å². The van der Waals surface area contributed by atoms with E-state index in [-0.39, 0.29) is 0 Å². The topological polar surface area (TPSA) is 47.2 Å². The molecule has 0 amide bonds. The van der Waals surface area contributed by atoms with Crippen LogP contribution >= 0.6 is 0 Å². The summed E-state index contributed by atoms with van der Waals surface area (Å²) in [5.74, 6) is 0. The summed E-state index contributed by atoms with van der Waals surface area (Å²) in [6, 6.07) is 6.59. The summed E-state index contributed by atoms with van der Waals surface area (Å²) >= 11 is 0. The summed E-state index contributed by atoms with van der Waals surface area (Å²) < 4.78 is 4.07. The van der Waals surface area contributed by atoms with Crippen molar-refractivity contribution in [3.05, 3.63) is 53.6 Å². The number of aryl methyl sites for hydroxylation is 1. The largest absolute Gasteiger partial charge is 0.306 e. The van der Waals surface area contributed by atoms with E-state index in [0.717, 1.165) is 19.5 Å². The van der Waals surface area contributed by atoms with Gasteiger partial charge in [-0.3, -0.25) is 4.68 Å². The van der Waals surface area contributed by atoms with Gasteiger partial charge in [-0.25, -0.2) is 4.52 Å². The Kier molecular flexibility index (Phi) is 3.42. The SMILES string of the molecule is CCn1ncc2c1CCCC2NCc1cnn2ccccc12. The van der Waals surface area contributed by atoms with E-state index in [0.29, 0.717) is 6.04 Å². The summed E-state index contributed by atoms with van der Waals surface area (Å²) in [5.41, 5.74) is 5.21. The van der Waals surface area contributed by atoms with Crippen molar-refractivity contribution in [2.45, 2.75) is 45.3 Å². The second-order valence-electron chi connectivity index (χ2n) is 5.89. The molecule has 1 aliphatic carbocycles. The maximum atomic E-state index is 4.52. The van der Waals surface area contributed by atoms with Gasteiger partial charge in [0.05, 0.1) is 17.9 Å². The molecule has 3 aromatic heterocycles. The minimum atomic E-state index is 0.405. The van der Waals surface area contributed by atoms with Crippen molar-refractivity contribution in [1.29, 1.82) is 0 Å². The van der Waals surface area contributed by atoms with E-state index in [1.54, 1.807) is 0 Å². The monoisotopic (exact) mass is 295 g/mol. The number of hydrogen-bond donors (Lipinski definition) is 1. The Morgan fingerprint density at radius 3 is 3.14 bits per heavy atom. The van der Waals surface area contributed by atoms with Crippen LogP contribution in [0.25, 0.3) is 5.52 Å². The third-order valence-electron chi connectivity index (χ3n) is 4.61. The molecule has 22 heavy (non-hydrogen) atoms. The Balaban J connectivity index is 1.54. The van der Waals surface area contributed by atoms with E-state index < -0.39 is 0 Å². The molecule has 3 aromatic rings. The fourth-order valence-electron chi connectivity index (χ4n) is 3.46. The molecule has 5 nitrogen and oxygen atoms in total. The lowest BCUT2D eigenvalue weighted by molar-refractivity contribution is 0.449. The van der Waals surface area contributed by atoms with Crippen LogP contribution in [0.1, 0.15) is 42.6 Å². The highest BCUT2D eigenvalue weighted by Crippen LogP contribution is 2.30. The molecule has 114 valence electrons. The first-order valence-electron chi connectivity index (χ1n) is 8.06. The van der Waals surface area contributed by atoms with E-state index in [1.165, 1.54) is 35.2 Å². The molecule has 0 aromatic carbocycles. The Morgan fingerprint density at radius 2 is 2.23 bits per heavy atom. The zero-order valence-corrected chi connectivity index (χ0v) is 12.9. The molecule has 1 atom stereocenters. The van der Waals surface area contributed by atoms with Crippen LogP contribution in [0.15, 0.2) is 36.8 Å². The van der Waals surface area contributed by atoms with E-state index >= 15 is 0 Å². The van der Waals surface area contributed by atoms with Gasteiger partial charge in [0, 0.05) is 42.1 Å². The first-order chi connectivity index (χ1) is 10.9. The molecule has 0 radical (unpaired) electrons. The molecular formula is C17H21N5. The number of nitrogens with one attached hydrogen (secondary N) is 1. The number of pyridine rings is 1. The predicted octanol–water partition coefficient (Wildman–Crippen LogP) is 2.72. The second kappa shape index (κ2) is 5.57. The zero-order chi connectivity index (χ0) is 14.9. The van der Waals surface area contributed by atoms with E-state index in [1.807, 2.05) is 29.2 Å². The van der Waals surface area contributed by atoms with Crippen LogP contribution in [0.3, 0.4) is 0 Å². The van der Waals surface area contributed by atoms with Gasteiger partial charge in [0.1, 0.15) is 0 Å². The Hall–Kier alpha value is -2.14. The van der Waals surface area contributed by atoms with Crippen molar-refractivity contribution in [3.63, 3.8) is 0 Å². The highest BCUT2D eigenvalue weighted by Gasteiger charge is 2.23. The molecule has 0 aliphatic heterocycles. The van der Waals surface area contributed by atoms with Gasteiger partial charge >= 0.3 is 0 Å². The predicted molar refractivity (Wildman–Crippen MR) is 85.6 cm³/mol. The first kappa shape index (κ1) is 13.5. The maximum absolute atomic E-state index is 4.52. The van der Waals surface area contributed by atoms with Gasteiger partial charge in [-0.15, -0.1) is 0 Å². The number of fused-ring (bicyclic) bond motifs is 2. The third-order valence-corrected chi connectivity index (χ3v) is 4.61. The van der Waals surface area contributed by atoms with Crippen molar-refractivity contribution in [2.75, 3.05) is 0 Å². The number of aromatic nitrogens is 4. The third kappa shape index (κ3) is 2.22. The van der Waals surface area contributed by atoms with Gasteiger partial charge in [0.2, 0.25) is 0 Å². The number of hydrogen-bond acceptors (Lipinski definition) is 3. The first-order valence-corrected chi connectivity index (χ1v) is 8.06. The number of rotatable bonds is 4. The average Bonchev–Trinajstić information content (AvgIpc) is 3.17. The quantitative estimate of drug-likeness (QED) is 0.805. The van der Waals surface area contributed by atoms with Crippen LogP contribution in [0.4, 0.5) is 0 Å². The Labute approximate surface area is 130 Å². The molecule has 1 unspecified atom stereocenters. The van der Waals surface area contributed by atoms with Crippen LogP contribution in [0, 0.1) is 0 Å². The molecule has 5 heteroatoms. The van der Waals surface area contributed by atoms with Gasteiger partial charge in [0.25, 0.3) is 0 Å². The van der Waals surface area contributed by atoms with Gasteiger partial charge in [-0.2, -0.15) is 10.2 Å². The van der Waals surface area contributed by atoms with Gasteiger partial charge < -0.3 is 5.32 Å². The molecule has 0 fully saturated rings. The lowest BCUT2D eigenvalue weighted by Gasteiger charge is -2.24. The second-order valence-corrected chi connectivity index (χ2v) is 5.89. The summed E-state index contributed by atoms with van der Waals surface area (Å²) in [6.07, 6.45) is 9.56. The van der Waals surface area contributed by atoms with Gasteiger partial charge in [-0.05, 0) is 38.3 Å². The normalized spacial score (nSPS) is 17.8. The molecule has 0 spiro atoms. The van der Waals surface area contributed by atoms with Gasteiger partial charge in [0.15, 0.2) is 0 Å². The van der Waals surface area contributed by atoms with E-state index in [4.69, 9.17) is 0 Å². The Bertz CT molecular complexity index is 785. The summed E-state index contributed by atoms with van der Waals surface area (Å²) in [4.78, 5) is 0. The number of nitrogens with zero attached hydrogens (tertiary/aromatic N) is 4. The van der Waals surface area contributed by atoms with Crippen LogP contribution in [-0.2, 0) is 19.5 Å². The lowest BCUT2D eigenvalue weighted by atomic mass is 9.93. The summed E-state index contributed by atoms with van der Waals surface area (Å²) in [5, 5.41) is 12.6. The van der Waals surface area contributed by atoms with Crippen molar-refractivity contribution < 1.29 is 0 Å². The summed E-state index contributed by atoms with van der Waals surface area (Å²) in [7, 11) is 0. The van der Waals surface area contributed by atoms with Crippen LogP contribution in [0.5, 0.6) is 0 Å². The van der Waals surface area contributed by atoms with Crippen LogP contribution in [-0.4, -0.2) is 19.4 Å². The smallest absolute Gasteiger partial charge is 0.0706 e. The highest BCUT2D eigenvalue weighted by molar-refractivity contribution is 5.53. The zero-order valence-electron chi connectivity index (χ0n) is 12.9. The Morgan fingerprint density at radius 1 is 1.27 bits per heavy atom. The van der Waals surface area contributed by atoms with Crippen LogP contribution in [0.2, 0.25) is 0 Å². The molecule has 1 aliphatic rings. The fourth-order valence-corrected chi connectivity index (χ4v) is 3.46. The van der Waals surface area contributed by atoms with E-state index in [9.17, 15) is 0 Å². The molecule has 3 heterocycles. The lowest BCUT2D eigenvalue weighted by Crippen LogP contribution is -2.25. The van der Waals surface area contributed by atoms with Crippen molar-refractivity contribution in [2.24, 2.45) is 0 Å².